The third-order valence-electron chi connectivity index (χ3n) is 5.41. The summed E-state index contributed by atoms with van der Waals surface area (Å²) in [6, 6.07) is 12.7. The molecule has 1 unspecified atom stereocenters. The summed E-state index contributed by atoms with van der Waals surface area (Å²) in [4.78, 5) is 16.5. The topological polar surface area (TPSA) is 42.0 Å². The van der Waals surface area contributed by atoms with Gasteiger partial charge >= 0.3 is 0 Å². The molecule has 1 aliphatic rings. The number of hydrogen-bond acceptors (Lipinski definition) is 4. The second-order valence-corrected chi connectivity index (χ2v) is 7.65. The van der Waals surface area contributed by atoms with Crippen LogP contribution in [0.5, 0.6) is 11.5 Å². The Labute approximate surface area is 172 Å². The first-order valence-corrected chi connectivity index (χ1v) is 9.90. The molecule has 5 nitrogen and oxygen atoms in total. The van der Waals surface area contributed by atoms with Gasteiger partial charge in [0.2, 0.25) is 5.91 Å². The maximum atomic E-state index is 13.8. The number of nitrogens with zero attached hydrogens (tertiary/aromatic N) is 2. The Bertz CT molecular complexity index is 843. The Kier molecular flexibility index (Phi) is 7.09. The van der Waals surface area contributed by atoms with Gasteiger partial charge in [-0.1, -0.05) is 24.3 Å². The Balaban J connectivity index is 1.51. The second-order valence-electron chi connectivity index (χ2n) is 7.65. The molecule has 29 heavy (non-hydrogen) atoms. The van der Waals surface area contributed by atoms with E-state index in [1.807, 2.05) is 41.1 Å². The molecular formula is C23H29FN2O3. The van der Waals surface area contributed by atoms with E-state index in [4.69, 9.17) is 9.47 Å². The van der Waals surface area contributed by atoms with Gasteiger partial charge in [-0.25, -0.2) is 4.39 Å². The van der Waals surface area contributed by atoms with Gasteiger partial charge in [0.25, 0.3) is 0 Å². The Morgan fingerprint density at radius 1 is 1.17 bits per heavy atom. The molecule has 1 heterocycles. The van der Waals surface area contributed by atoms with Crippen LogP contribution in [0.3, 0.4) is 0 Å². The first-order valence-electron chi connectivity index (χ1n) is 9.90. The van der Waals surface area contributed by atoms with Crippen molar-refractivity contribution in [2.24, 2.45) is 5.92 Å². The average Bonchev–Trinajstić information content (AvgIpc) is 3.18. The SMILES string of the molecule is COc1ccc(CC2CCN(C(=O)CN(C)Cc3ccccc3F)C2)cc1OC. The molecule has 2 aromatic rings. The van der Waals surface area contributed by atoms with E-state index in [9.17, 15) is 9.18 Å². The lowest BCUT2D eigenvalue weighted by Crippen LogP contribution is -2.37. The number of likely N-dealkylation sites (tertiary alicyclic amines) is 1. The fourth-order valence-electron chi connectivity index (χ4n) is 3.87. The van der Waals surface area contributed by atoms with Crippen molar-refractivity contribution in [3.63, 3.8) is 0 Å². The molecule has 0 spiro atoms. The summed E-state index contributed by atoms with van der Waals surface area (Å²) in [6.45, 7) is 2.23. The minimum atomic E-state index is -0.233. The fraction of sp³-hybridized carbons (Fsp3) is 0.435. The smallest absolute Gasteiger partial charge is 0.236 e. The molecule has 156 valence electrons. The minimum absolute atomic E-state index is 0.0960. The standard InChI is InChI=1S/C23H29FN2O3/c1-25(15-19-6-4-5-7-20(19)24)16-23(27)26-11-10-18(14-26)12-17-8-9-21(28-2)22(13-17)29-3/h4-9,13,18H,10-12,14-16H2,1-3H3. The van der Waals surface area contributed by atoms with Gasteiger partial charge in [0.15, 0.2) is 11.5 Å². The number of carbonyl (C=O) groups is 1. The van der Waals surface area contributed by atoms with Crippen molar-refractivity contribution >= 4 is 5.91 Å². The molecule has 1 amide bonds. The Hall–Kier alpha value is -2.60. The van der Waals surface area contributed by atoms with Crippen molar-refractivity contribution in [3.8, 4) is 11.5 Å². The molecule has 2 aromatic carbocycles. The van der Waals surface area contributed by atoms with Crippen molar-refractivity contribution < 1.29 is 18.7 Å². The normalized spacial score (nSPS) is 16.3. The highest BCUT2D eigenvalue weighted by Crippen LogP contribution is 2.30. The molecule has 1 fully saturated rings. The molecular weight excluding hydrogens is 371 g/mol. The van der Waals surface area contributed by atoms with E-state index in [0.717, 1.165) is 37.4 Å². The average molecular weight is 400 g/mol. The van der Waals surface area contributed by atoms with Gasteiger partial charge in [-0.3, -0.25) is 9.69 Å². The first kappa shape index (κ1) is 21.1. The van der Waals surface area contributed by atoms with E-state index in [1.165, 1.54) is 11.6 Å². The summed E-state index contributed by atoms with van der Waals surface area (Å²) in [5.74, 6) is 1.73. The minimum Gasteiger partial charge on any atom is -0.493 e. The molecule has 1 saturated heterocycles. The fourth-order valence-corrected chi connectivity index (χ4v) is 3.87. The van der Waals surface area contributed by atoms with Gasteiger partial charge in [-0.2, -0.15) is 0 Å². The Morgan fingerprint density at radius 3 is 2.66 bits per heavy atom. The van der Waals surface area contributed by atoms with Gasteiger partial charge in [0.05, 0.1) is 20.8 Å². The van der Waals surface area contributed by atoms with E-state index in [-0.39, 0.29) is 18.3 Å². The molecule has 6 heteroatoms. The molecule has 0 saturated carbocycles. The van der Waals surface area contributed by atoms with E-state index < -0.39 is 0 Å². The summed E-state index contributed by atoms with van der Waals surface area (Å²) in [7, 11) is 5.11. The van der Waals surface area contributed by atoms with Gasteiger partial charge in [0, 0.05) is 25.2 Å². The first-order chi connectivity index (χ1) is 14.0. The molecule has 0 aliphatic carbocycles. The Morgan fingerprint density at radius 2 is 1.93 bits per heavy atom. The largest absolute Gasteiger partial charge is 0.493 e. The number of methoxy groups -OCH3 is 2. The van der Waals surface area contributed by atoms with Crippen LogP contribution in [0.1, 0.15) is 17.5 Å². The van der Waals surface area contributed by atoms with Gasteiger partial charge in [0.1, 0.15) is 5.82 Å². The number of ether oxygens (including phenoxy) is 2. The van der Waals surface area contributed by atoms with Crippen LogP contribution in [0.15, 0.2) is 42.5 Å². The van der Waals surface area contributed by atoms with E-state index >= 15 is 0 Å². The molecule has 1 aliphatic heterocycles. The molecule has 3 rings (SSSR count). The highest BCUT2D eigenvalue weighted by Gasteiger charge is 2.27. The van der Waals surface area contributed by atoms with Crippen LogP contribution in [-0.2, 0) is 17.8 Å². The molecule has 0 bridgehead atoms. The summed E-state index contributed by atoms with van der Waals surface area (Å²) in [6.07, 6.45) is 1.88. The van der Waals surface area contributed by atoms with Crippen molar-refractivity contribution in [2.45, 2.75) is 19.4 Å². The third-order valence-corrected chi connectivity index (χ3v) is 5.41. The highest BCUT2D eigenvalue weighted by molar-refractivity contribution is 5.78. The number of halogens is 1. The second kappa shape index (κ2) is 9.74. The summed E-state index contributed by atoms with van der Waals surface area (Å²) in [5, 5.41) is 0. The zero-order chi connectivity index (χ0) is 20.8. The van der Waals surface area contributed by atoms with Crippen LogP contribution in [0.25, 0.3) is 0 Å². The number of rotatable bonds is 8. The van der Waals surface area contributed by atoms with Crippen LogP contribution in [0.4, 0.5) is 4.39 Å². The maximum absolute atomic E-state index is 13.8. The number of amides is 1. The summed E-state index contributed by atoms with van der Waals surface area (Å²) >= 11 is 0. The predicted octanol–water partition coefficient (Wildman–Crippen LogP) is 3.37. The maximum Gasteiger partial charge on any atom is 0.236 e. The van der Waals surface area contributed by atoms with Crippen molar-refractivity contribution in [2.75, 3.05) is 40.9 Å². The molecule has 0 radical (unpaired) electrons. The van der Waals surface area contributed by atoms with Crippen LogP contribution in [-0.4, -0.2) is 56.6 Å². The highest BCUT2D eigenvalue weighted by atomic mass is 19.1. The quantitative estimate of drug-likeness (QED) is 0.681. The van der Waals surface area contributed by atoms with Crippen molar-refractivity contribution in [3.05, 3.63) is 59.4 Å². The number of likely N-dealkylation sites (N-methyl/N-ethyl adjacent to an activating group) is 1. The van der Waals surface area contributed by atoms with E-state index in [2.05, 4.69) is 0 Å². The molecule has 1 atom stereocenters. The van der Waals surface area contributed by atoms with E-state index in [0.29, 0.717) is 18.0 Å². The summed E-state index contributed by atoms with van der Waals surface area (Å²) in [5.41, 5.74) is 1.79. The van der Waals surface area contributed by atoms with Crippen LogP contribution in [0.2, 0.25) is 0 Å². The van der Waals surface area contributed by atoms with Crippen molar-refractivity contribution in [1.29, 1.82) is 0 Å². The van der Waals surface area contributed by atoms with Gasteiger partial charge in [-0.15, -0.1) is 0 Å². The lowest BCUT2D eigenvalue weighted by atomic mass is 9.98. The molecule has 0 aromatic heterocycles. The lowest BCUT2D eigenvalue weighted by molar-refractivity contribution is -0.131. The summed E-state index contributed by atoms with van der Waals surface area (Å²) < 4.78 is 24.5. The number of hydrogen-bond donors (Lipinski definition) is 0. The monoisotopic (exact) mass is 400 g/mol. The van der Waals surface area contributed by atoms with Crippen LogP contribution < -0.4 is 9.47 Å². The lowest BCUT2D eigenvalue weighted by Gasteiger charge is -2.22. The van der Waals surface area contributed by atoms with Crippen LogP contribution >= 0.6 is 0 Å². The third kappa shape index (κ3) is 5.48. The van der Waals surface area contributed by atoms with E-state index in [1.54, 1.807) is 26.4 Å². The number of benzene rings is 2. The van der Waals surface area contributed by atoms with Gasteiger partial charge in [-0.05, 0) is 49.6 Å². The molecule has 0 N–H and O–H groups in total. The zero-order valence-corrected chi connectivity index (χ0v) is 17.4. The van der Waals surface area contributed by atoms with Crippen molar-refractivity contribution in [1.82, 2.24) is 9.80 Å². The predicted molar refractivity (Wildman–Crippen MR) is 111 cm³/mol. The zero-order valence-electron chi connectivity index (χ0n) is 17.4. The number of carbonyl (C=O) groups excluding carboxylic acids is 1. The van der Waals surface area contributed by atoms with Crippen LogP contribution in [0, 0.1) is 11.7 Å². The van der Waals surface area contributed by atoms with Gasteiger partial charge < -0.3 is 14.4 Å².